The zero-order valence-corrected chi connectivity index (χ0v) is 12.6. The number of rotatable bonds is 5. The van der Waals surface area contributed by atoms with Crippen LogP contribution in [0.1, 0.15) is 56.0 Å². The Kier molecular flexibility index (Phi) is 4.69. The normalized spacial score (nSPS) is 18.7. The molecule has 0 saturated heterocycles. The second-order valence-corrected chi connectivity index (χ2v) is 5.99. The van der Waals surface area contributed by atoms with Gasteiger partial charge in [0.05, 0.1) is 6.61 Å². The van der Waals surface area contributed by atoms with Crippen LogP contribution in [-0.4, -0.2) is 21.8 Å². The summed E-state index contributed by atoms with van der Waals surface area (Å²) in [6, 6.07) is 2.28. The molecule has 1 aromatic heterocycles. The van der Waals surface area contributed by atoms with Crippen molar-refractivity contribution in [1.82, 2.24) is 9.88 Å². The minimum absolute atomic E-state index is 0.0348. The fraction of sp³-hybridized carbons (Fsp3) is 0.750. The molecule has 1 aliphatic rings. The first-order valence-electron chi connectivity index (χ1n) is 7.63. The van der Waals surface area contributed by atoms with Crippen molar-refractivity contribution in [3.05, 3.63) is 23.0 Å². The van der Waals surface area contributed by atoms with Gasteiger partial charge in [-0.15, -0.1) is 0 Å². The molecule has 1 aliphatic carbocycles. The fourth-order valence-corrected chi connectivity index (χ4v) is 3.44. The number of nitrogens with zero attached hydrogens (tertiary/aromatic N) is 1. The van der Waals surface area contributed by atoms with Gasteiger partial charge in [-0.05, 0) is 45.2 Å². The van der Waals surface area contributed by atoms with E-state index in [-0.39, 0.29) is 12.1 Å². The standard InChI is InChI=1S/C16H28N2O/c1-4-18-13(2)10-15(14(18)3)11-17-16(12-19)8-6-5-7-9-16/h10,17,19H,4-9,11-12H2,1-3H3. The summed E-state index contributed by atoms with van der Waals surface area (Å²) in [4.78, 5) is 0. The first-order valence-corrected chi connectivity index (χ1v) is 7.63. The maximum absolute atomic E-state index is 9.73. The number of aliphatic hydroxyl groups is 1. The number of hydrogen-bond donors (Lipinski definition) is 2. The Morgan fingerprint density at radius 2 is 1.95 bits per heavy atom. The van der Waals surface area contributed by atoms with E-state index in [1.54, 1.807) is 0 Å². The molecule has 0 amide bonds. The number of aliphatic hydroxyl groups excluding tert-OH is 1. The van der Waals surface area contributed by atoms with Gasteiger partial charge in [0, 0.05) is 30.0 Å². The van der Waals surface area contributed by atoms with Crippen LogP contribution in [0.15, 0.2) is 6.07 Å². The summed E-state index contributed by atoms with van der Waals surface area (Å²) in [5.41, 5.74) is 4.03. The molecule has 1 heterocycles. The number of aryl methyl sites for hydroxylation is 1. The lowest BCUT2D eigenvalue weighted by atomic mass is 9.82. The average molecular weight is 264 g/mol. The van der Waals surface area contributed by atoms with Crippen LogP contribution in [0, 0.1) is 13.8 Å². The van der Waals surface area contributed by atoms with Gasteiger partial charge >= 0.3 is 0 Å². The molecule has 3 nitrogen and oxygen atoms in total. The van der Waals surface area contributed by atoms with E-state index >= 15 is 0 Å². The highest BCUT2D eigenvalue weighted by Gasteiger charge is 2.30. The highest BCUT2D eigenvalue weighted by molar-refractivity contribution is 5.26. The van der Waals surface area contributed by atoms with E-state index in [0.717, 1.165) is 25.9 Å². The van der Waals surface area contributed by atoms with Gasteiger partial charge in [0.15, 0.2) is 0 Å². The molecular formula is C16H28N2O. The zero-order valence-electron chi connectivity index (χ0n) is 12.6. The lowest BCUT2D eigenvalue weighted by molar-refractivity contribution is 0.119. The molecule has 0 unspecified atom stereocenters. The first-order chi connectivity index (χ1) is 9.12. The lowest BCUT2D eigenvalue weighted by Crippen LogP contribution is -2.49. The van der Waals surface area contributed by atoms with E-state index in [9.17, 15) is 5.11 Å². The summed E-state index contributed by atoms with van der Waals surface area (Å²) in [7, 11) is 0. The summed E-state index contributed by atoms with van der Waals surface area (Å²) in [5, 5.41) is 13.4. The van der Waals surface area contributed by atoms with Crippen molar-refractivity contribution < 1.29 is 5.11 Å². The number of hydrogen-bond acceptors (Lipinski definition) is 2. The topological polar surface area (TPSA) is 37.2 Å². The van der Waals surface area contributed by atoms with Gasteiger partial charge in [0.25, 0.3) is 0 Å². The molecule has 19 heavy (non-hydrogen) atoms. The Hall–Kier alpha value is -0.800. The first kappa shape index (κ1) is 14.6. The Morgan fingerprint density at radius 1 is 1.26 bits per heavy atom. The molecule has 108 valence electrons. The zero-order chi connectivity index (χ0) is 13.9. The van der Waals surface area contributed by atoms with Crippen molar-refractivity contribution in [2.45, 2.75) is 71.5 Å². The molecule has 0 atom stereocenters. The van der Waals surface area contributed by atoms with E-state index in [1.807, 2.05) is 0 Å². The van der Waals surface area contributed by atoms with Gasteiger partial charge in [0.2, 0.25) is 0 Å². The van der Waals surface area contributed by atoms with Gasteiger partial charge in [-0.25, -0.2) is 0 Å². The molecular weight excluding hydrogens is 236 g/mol. The minimum atomic E-state index is -0.0348. The van der Waals surface area contributed by atoms with Crippen molar-refractivity contribution in [2.75, 3.05) is 6.61 Å². The van der Waals surface area contributed by atoms with Crippen molar-refractivity contribution in [1.29, 1.82) is 0 Å². The summed E-state index contributed by atoms with van der Waals surface area (Å²) >= 11 is 0. The van der Waals surface area contributed by atoms with Gasteiger partial charge in [-0.2, -0.15) is 0 Å². The third-order valence-electron chi connectivity index (χ3n) is 4.76. The molecule has 1 fully saturated rings. The quantitative estimate of drug-likeness (QED) is 0.858. The van der Waals surface area contributed by atoms with Crippen LogP contribution in [0.4, 0.5) is 0 Å². The second-order valence-electron chi connectivity index (χ2n) is 5.99. The Balaban J connectivity index is 2.05. The van der Waals surface area contributed by atoms with E-state index in [2.05, 4.69) is 36.7 Å². The molecule has 1 saturated carbocycles. The maximum Gasteiger partial charge on any atom is 0.0613 e. The highest BCUT2D eigenvalue weighted by Crippen LogP contribution is 2.28. The Morgan fingerprint density at radius 3 is 2.47 bits per heavy atom. The van der Waals surface area contributed by atoms with Gasteiger partial charge in [-0.3, -0.25) is 0 Å². The third-order valence-corrected chi connectivity index (χ3v) is 4.76. The van der Waals surface area contributed by atoms with E-state index in [4.69, 9.17) is 0 Å². The average Bonchev–Trinajstić information content (AvgIpc) is 2.72. The van der Waals surface area contributed by atoms with E-state index in [1.165, 1.54) is 36.2 Å². The van der Waals surface area contributed by atoms with Crippen molar-refractivity contribution >= 4 is 0 Å². The monoisotopic (exact) mass is 264 g/mol. The largest absolute Gasteiger partial charge is 0.394 e. The van der Waals surface area contributed by atoms with E-state index < -0.39 is 0 Å². The summed E-state index contributed by atoms with van der Waals surface area (Å²) < 4.78 is 2.35. The predicted molar refractivity (Wildman–Crippen MR) is 79.3 cm³/mol. The highest BCUT2D eigenvalue weighted by atomic mass is 16.3. The maximum atomic E-state index is 9.73. The smallest absolute Gasteiger partial charge is 0.0613 e. The van der Waals surface area contributed by atoms with Crippen LogP contribution in [0.3, 0.4) is 0 Å². The Labute approximate surface area is 117 Å². The van der Waals surface area contributed by atoms with Gasteiger partial charge in [-0.1, -0.05) is 19.3 Å². The predicted octanol–water partition coefficient (Wildman–Crippen LogP) is 2.91. The molecule has 0 bridgehead atoms. The summed E-state index contributed by atoms with van der Waals surface area (Å²) in [6.45, 7) is 8.72. The molecule has 0 radical (unpaired) electrons. The van der Waals surface area contributed by atoms with Gasteiger partial charge < -0.3 is 15.0 Å². The van der Waals surface area contributed by atoms with E-state index in [0.29, 0.717) is 0 Å². The molecule has 3 heteroatoms. The van der Waals surface area contributed by atoms with Crippen LogP contribution in [-0.2, 0) is 13.1 Å². The molecule has 0 aromatic carbocycles. The number of aromatic nitrogens is 1. The molecule has 2 N–H and O–H groups in total. The van der Waals surface area contributed by atoms with Crippen LogP contribution in [0.2, 0.25) is 0 Å². The summed E-state index contributed by atoms with van der Waals surface area (Å²) in [6.07, 6.45) is 6.00. The van der Waals surface area contributed by atoms with Crippen LogP contribution >= 0.6 is 0 Å². The summed E-state index contributed by atoms with van der Waals surface area (Å²) in [5.74, 6) is 0. The fourth-order valence-electron chi connectivity index (χ4n) is 3.44. The molecule has 2 rings (SSSR count). The number of nitrogens with one attached hydrogen (secondary N) is 1. The molecule has 0 spiro atoms. The third kappa shape index (κ3) is 3.03. The van der Waals surface area contributed by atoms with Crippen molar-refractivity contribution in [2.24, 2.45) is 0 Å². The van der Waals surface area contributed by atoms with Crippen LogP contribution in [0.5, 0.6) is 0 Å². The van der Waals surface area contributed by atoms with Crippen molar-refractivity contribution in [3.8, 4) is 0 Å². The lowest BCUT2D eigenvalue weighted by Gasteiger charge is -2.36. The van der Waals surface area contributed by atoms with Crippen LogP contribution in [0.25, 0.3) is 0 Å². The Bertz CT molecular complexity index is 417. The minimum Gasteiger partial charge on any atom is -0.394 e. The molecule has 1 aromatic rings. The van der Waals surface area contributed by atoms with Crippen molar-refractivity contribution in [3.63, 3.8) is 0 Å². The second kappa shape index (κ2) is 6.10. The SMILES string of the molecule is CCn1c(C)cc(CNC2(CO)CCCCC2)c1C. The van der Waals surface area contributed by atoms with Gasteiger partial charge in [0.1, 0.15) is 0 Å². The van der Waals surface area contributed by atoms with Crippen LogP contribution < -0.4 is 5.32 Å². The molecule has 0 aliphatic heterocycles.